The van der Waals surface area contributed by atoms with Gasteiger partial charge in [0.2, 0.25) is 5.13 Å². The quantitative estimate of drug-likeness (QED) is 0.661. The summed E-state index contributed by atoms with van der Waals surface area (Å²) in [6, 6.07) is 7.77. The number of ether oxygens (including phenoxy) is 1. The number of halogens is 3. The molecule has 3 rings (SSSR count). The van der Waals surface area contributed by atoms with Gasteiger partial charge in [0.25, 0.3) is 5.56 Å². The predicted octanol–water partition coefficient (Wildman–Crippen LogP) is 3.31. The summed E-state index contributed by atoms with van der Waals surface area (Å²) in [5.74, 6) is 0. The van der Waals surface area contributed by atoms with Crippen molar-refractivity contribution in [2.24, 2.45) is 0 Å². The summed E-state index contributed by atoms with van der Waals surface area (Å²) in [6.45, 7) is 0.723. The molecule has 0 radical (unpaired) electrons. The lowest BCUT2D eigenvalue weighted by Gasteiger charge is -2.12. The Bertz CT molecular complexity index is 935. The lowest BCUT2D eigenvalue weighted by molar-refractivity contribution is -0.142. The van der Waals surface area contributed by atoms with E-state index in [1.165, 1.54) is 7.11 Å². The highest BCUT2D eigenvalue weighted by Crippen LogP contribution is 2.29. The highest BCUT2D eigenvalue weighted by atomic mass is 32.1. The molecule has 3 aromatic rings. The molecule has 0 aliphatic carbocycles. The molecule has 0 amide bonds. The van der Waals surface area contributed by atoms with Crippen molar-refractivity contribution in [3.05, 3.63) is 46.4 Å². The zero-order valence-electron chi connectivity index (χ0n) is 13.7. The number of hydrogen-bond donors (Lipinski definition) is 1. The Morgan fingerprint density at radius 1 is 1.31 bits per heavy atom. The fraction of sp³-hybridized carbons (Fsp3) is 0.312. The molecule has 0 spiro atoms. The highest BCUT2D eigenvalue weighted by Gasteiger charge is 2.34. The van der Waals surface area contributed by atoms with Crippen LogP contribution in [0.4, 0.5) is 18.9 Å². The van der Waals surface area contributed by atoms with E-state index in [9.17, 15) is 18.0 Å². The Balaban J connectivity index is 2.06. The topological polar surface area (TPSA) is 69.0 Å². The molecule has 0 aliphatic rings. The van der Waals surface area contributed by atoms with Crippen LogP contribution in [-0.2, 0) is 10.9 Å². The van der Waals surface area contributed by atoms with Crippen LogP contribution in [0.25, 0.3) is 15.3 Å². The van der Waals surface area contributed by atoms with Gasteiger partial charge in [-0.3, -0.25) is 4.79 Å². The first-order chi connectivity index (χ1) is 12.4. The van der Waals surface area contributed by atoms with Crippen LogP contribution in [0.15, 0.2) is 35.1 Å². The molecule has 0 bridgehead atoms. The number of thiazole rings is 1. The maximum atomic E-state index is 13.2. The standard InChI is InChI=1S/C16H15F3N4O2S/c1-25-8-4-7-20-11-9-13(16(17,18)19)22-23(14(11)24)15-21-10-5-2-3-6-12(10)26-15/h2-3,5-6,9,20H,4,7-8H2,1H3. The van der Waals surface area contributed by atoms with Crippen LogP contribution in [-0.4, -0.2) is 35.0 Å². The second-order valence-electron chi connectivity index (χ2n) is 5.40. The summed E-state index contributed by atoms with van der Waals surface area (Å²) in [5.41, 5.74) is -1.43. The highest BCUT2D eigenvalue weighted by molar-refractivity contribution is 7.20. The van der Waals surface area contributed by atoms with Gasteiger partial charge in [0.1, 0.15) is 5.69 Å². The number of hydrogen-bond acceptors (Lipinski definition) is 6. The van der Waals surface area contributed by atoms with Crippen LogP contribution in [0, 0.1) is 0 Å². The number of anilines is 1. The van der Waals surface area contributed by atoms with E-state index in [-0.39, 0.29) is 10.8 Å². The van der Waals surface area contributed by atoms with E-state index in [2.05, 4.69) is 15.4 Å². The van der Waals surface area contributed by atoms with Crippen molar-refractivity contribution in [1.82, 2.24) is 14.8 Å². The van der Waals surface area contributed by atoms with Crippen molar-refractivity contribution >= 4 is 27.2 Å². The van der Waals surface area contributed by atoms with Gasteiger partial charge in [0.15, 0.2) is 5.69 Å². The van der Waals surface area contributed by atoms with Crippen LogP contribution in [0.3, 0.4) is 0 Å². The molecule has 138 valence electrons. The summed E-state index contributed by atoms with van der Waals surface area (Å²) in [5, 5.41) is 6.29. The van der Waals surface area contributed by atoms with Gasteiger partial charge in [-0.15, -0.1) is 0 Å². The fourth-order valence-electron chi connectivity index (χ4n) is 2.28. The third-order valence-electron chi connectivity index (χ3n) is 3.51. The number of aromatic nitrogens is 3. The largest absolute Gasteiger partial charge is 0.435 e. The average Bonchev–Trinajstić information content (AvgIpc) is 3.02. The van der Waals surface area contributed by atoms with Gasteiger partial charge in [0.05, 0.1) is 10.2 Å². The molecule has 0 aliphatic heterocycles. The molecule has 0 unspecified atom stereocenters. The summed E-state index contributed by atoms with van der Waals surface area (Å²) in [6.07, 6.45) is -4.14. The number of alkyl halides is 3. The zero-order valence-corrected chi connectivity index (χ0v) is 14.5. The van der Waals surface area contributed by atoms with Crippen LogP contribution in [0.5, 0.6) is 0 Å². The Morgan fingerprint density at radius 2 is 2.08 bits per heavy atom. The first-order valence-corrected chi connectivity index (χ1v) is 8.52. The van der Waals surface area contributed by atoms with Gasteiger partial charge in [-0.25, -0.2) is 4.98 Å². The molecule has 6 nitrogen and oxygen atoms in total. The average molecular weight is 384 g/mol. The summed E-state index contributed by atoms with van der Waals surface area (Å²) < 4.78 is 45.9. The summed E-state index contributed by atoms with van der Waals surface area (Å²) in [7, 11) is 1.52. The molecule has 0 saturated carbocycles. The number of fused-ring (bicyclic) bond motifs is 1. The number of rotatable bonds is 6. The minimum atomic E-state index is -4.69. The molecule has 1 aromatic carbocycles. The van der Waals surface area contributed by atoms with Gasteiger partial charge < -0.3 is 10.1 Å². The second-order valence-corrected chi connectivity index (χ2v) is 6.40. The van der Waals surface area contributed by atoms with Crippen molar-refractivity contribution in [2.45, 2.75) is 12.6 Å². The van der Waals surface area contributed by atoms with E-state index >= 15 is 0 Å². The molecule has 2 aromatic heterocycles. The minimum absolute atomic E-state index is 0.0854. The van der Waals surface area contributed by atoms with E-state index in [0.29, 0.717) is 29.8 Å². The number of para-hydroxylation sites is 1. The lowest BCUT2D eigenvalue weighted by Crippen LogP contribution is -2.28. The maximum Gasteiger partial charge on any atom is 0.435 e. The van der Waals surface area contributed by atoms with E-state index in [1.54, 1.807) is 24.3 Å². The van der Waals surface area contributed by atoms with Gasteiger partial charge >= 0.3 is 6.18 Å². The second kappa shape index (κ2) is 7.42. The van der Waals surface area contributed by atoms with E-state index in [1.807, 2.05) is 0 Å². The maximum absolute atomic E-state index is 13.2. The molecule has 1 N–H and O–H groups in total. The van der Waals surface area contributed by atoms with E-state index in [0.717, 1.165) is 22.1 Å². The Kier molecular flexibility index (Phi) is 5.23. The zero-order chi connectivity index (χ0) is 18.7. The Labute approximate surface area is 150 Å². The molecule has 2 heterocycles. The number of nitrogens with zero attached hydrogens (tertiary/aromatic N) is 3. The van der Waals surface area contributed by atoms with Crippen molar-refractivity contribution in [3.8, 4) is 5.13 Å². The third kappa shape index (κ3) is 3.86. The molecule has 0 fully saturated rings. The predicted molar refractivity (Wildman–Crippen MR) is 93.0 cm³/mol. The lowest BCUT2D eigenvalue weighted by atomic mass is 10.3. The smallest absolute Gasteiger partial charge is 0.385 e. The molecule has 26 heavy (non-hydrogen) atoms. The van der Waals surface area contributed by atoms with Crippen LogP contribution in [0.1, 0.15) is 12.1 Å². The Morgan fingerprint density at radius 3 is 2.77 bits per heavy atom. The molecule has 0 atom stereocenters. The third-order valence-corrected chi connectivity index (χ3v) is 4.52. The Hall–Kier alpha value is -2.46. The normalized spacial score (nSPS) is 11.8. The van der Waals surface area contributed by atoms with Gasteiger partial charge in [0, 0.05) is 20.3 Å². The summed E-state index contributed by atoms with van der Waals surface area (Å²) >= 11 is 1.10. The first kappa shape index (κ1) is 18.3. The minimum Gasteiger partial charge on any atom is -0.385 e. The number of nitrogens with one attached hydrogen (secondary N) is 1. The number of benzene rings is 1. The van der Waals surface area contributed by atoms with Gasteiger partial charge in [-0.05, 0) is 24.6 Å². The molecule has 10 heteroatoms. The van der Waals surface area contributed by atoms with Crippen molar-refractivity contribution < 1.29 is 17.9 Å². The SMILES string of the molecule is COCCCNc1cc(C(F)(F)F)nn(-c2nc3ccccc3s2)c1=O. The fourth-order valence-corrected chi connectivity index (χ4v) is 3.20. The van der Waals surface area contributed by atoms with Gasteiger partial charge in [-0.1, -0.05) is 23.5 Å². The van der Waals surface area contributed by atoms with E-state index < -0.39 is 17.4 Å². The van der Waals surface area contributed by atoms with E-state index in [4.69, 9.17) is 4.74 Å². The number of methoxy groups -OCH3 is 1. The monoisotopic (exact) mass is 384 g/mol. The van der Waals surface area contributed by atoms with Crippen LogP contribution < -0.4 is 10.9 Å². The van der Waals surface area contributed by atoms with Crippen LogP contribution >= 0.6 is 11.3 Å². The van der Waals surface area contributed by atoms with Gasteiger partial charge in [-0.2, -0.15) is 23.0 Å². The summed E-state index contributed by atoms with van der Waals surface area (Å²) in [4.78, 5) is 16.8. The van der Waals surface area contributed by atoms with Crippen molar-refractivity contribution in [1.29, 1.82) is 0 Å². The molecule has 0 saturated heterocycles. The first-order valence-electron chi connectivity index (χ1n) is 7.70. The molecular weight excluding hydrogens is 369 g/mol. The van der Waals surface area contributed by atoms with Crippen molar-refractivity contribution in [2.75, 3.05) is 25.6 Å². The van der Waals surface area contributed by atoms with Crippen LogP contribution in [0.2, 0.25) is 0 Å². The molecular formula is C16H15F3N4O2S. The van der Waals surface area contributed by atoms with Crippen molar-refractivity contribution in [3.63, 3.8) is 0 Å².